The Morgan fingerprint density at radius 3 is 1.67 bits per heavy atom. The second-order valence-electron chi connectivity index (χ2n) is 12.0. The summed E-state index contributed by atoms with van der Waals surface area (Å²) in [6.45, 7) is 0. The van der Waals surface area contributed by atoms with Gasteiger partial charge in [-0.2, -0.15) is 0 Å². The van der Waals surface area contributed by atoms with Crippen LogP contribution in [0.1, 0.15) is 0 Å². The van der Waals surface area contributed by atoms with Crippen LogP contribution in [0.15, 0.2) is 187 Å². The van der Waals surface area contributed by atoms with Crippen molar-refractivity contribution >= 4 is 49.9 Å². The number of benzene rings is 7. The van der Waals surface area contributed by atoms with Crippen molar-refractivity contribution in [3.05, 3.63) is 182 Å². The van der Waals surface area contributed by atoms with Crippen molar-refractivity contribution in [2.45, 2.75) is 0 Å². The number of aromatic nitrogens is 1. The molecule has 0 aliphatic heterocycles. The van der Waals surface area contributed by atoms with E-state index in [1.807, 2.05) is 18.2 Å². The molecular weight excluding hydrogens is 585 g/mol. The SMILES string of the molecule is c1ccc(-c2ccc(N(c3ccc(-c4cccc5ccccc45)cc3)c3ccc(-c4cccc5oc6ncccc6c45)cc3)cc2)cc1. The van der Waals surface area contributed by atoms with E-state index in [4.69, 9.17) is 4.42 Å². The van der Waals surface area contributed by atoms with Crippen molar-refractivity contribution in [2.75, 3.05) is 4.90 Å². The van der Waals surface area contributed by atoms with Gasteiger partial charge in [-0.1, -0.05) is 121 Å². The molecule has 2 heterocycles. The minimum Gasteiger partial charge on any atom is -0.438 e. The summed E-state index contributed by atoms with van der Waals surface area (Å²) in [6, 6.07) is 62.4. The predicted octanol–water partition coefficient (Wildman–Crippen LogP) is 12.6. The monoisotopic (exact) mass is 614 g/mol. The molecule has 0 unspecified atom stereocenters. The van der Waals surface area contributed by atoms with Gasteiger partial charge in [-0.05, 0) is 98.8 Å². The minimum atomic E-state index is 0.661. The van der Waals surface area contributed by atoms with Crippen molar-refractivity contribution in [1.29, 1.82) is 0 Å². The highest BCUT2D eigenvalue weighted by atomic mass is 16.3. The van der Waals surface area contributed by atoms with Crippen LogP contribution in [-0.2, 0) is 0 Å². The molecule has 3 heteroatoms. The summed E-state index contributed by atoms with van der Waals surface area (Å²) < 4.78 is 6.08. The van der Waals surface area contributed by atoms with Gasteiger partial charge in [0.1, 0.15) is 5.58 Å². The molecule has 226 valence electrons. The molecule has 0 amide bonds. The Kier molecular flexibility index (Phi) is 6.80. The maximum absolute atomic E-state index is 6.08. The lowest BCUT2D eigenvalue weighted by molar-refractivity contribution is 0.654. The van der Waals surface area contributed by atoms with E-state index in [1.54, 1.807) is 6.20 Å². The zero-order chi connectivity index (χ0) is 31.9. The van der Waals surface area contributed by atoms with Crippen LogP contribution in [-0.4, -0.2) is 4.98 Å². The molecule has 0 bridgehead atoms. The summed E-state index contributed by atoms with van der Waals surface area (Å²) in [5.74, 6) is 0. The number of hydrogen-bond acceptors (Lipinski definition) is 3. The van der Waals surface area contributed by atoms with Crippen molar-refractivity contribution in [3.63, 3.8) is 0 Å². The highest BCUT2D eigenvalue weighted by Gasteiger charge is 2.16. The first kappa shape index (κ1) is 27.8. The molecule has 0 radical (unpaired) electrons. The van der Waals surface area contributed by atoms with Crippen LogP contribution in [0.25, 0.3) is 66.2 Å². The normalized spacial score (nSPS) is 11.3. The summed E-state index contributed by atoms with van der Waals surface area (Å²) in [4.78, 5) is 6.77. The Balaban J connectivity index is 1.13. The molecule has 0 saturated heterocycles. The fourth-order valence-electron chi connectivity index (χ4n) is 6.84. The highest BCUT2D eigenvalue weighted by molar-refractivity contribution is 6.11. The number of fused-ring (bicyclic) bond motifs is 4. The number of rotatable bonds is 6. The van der Waals surface area contributed by atoms with E-state index in [-0.39, 0.29) is 0 Å². The van der Waals surface area contributed by atoms with E-state index >= 15 is 0 Å². The standard InChI is InChI=1S/C45H30N2O/c1-2-9-31(10-3-1)32-18-24-36(25-19-32)47(37-26-20-34(21-27-37)40-14-6-12-33-11-4-5-13-39(33)40)38-28-22-35(23-29-38)41-15-7-17-43-44(41)42-16-8-30-46-45(42)48-43/h1-30H. The van der Waals surface area contributed by atoms with Crippen molar-refractivity contribution < 1.29 is 4.42 Å². The number of anilines is 3. The van der Waals surface area contributed by atoms with Crippen LogP contribution in [0.3, 0.4) is 0 Å². The molecule has 3 nitrogen and oxygen atoms in total. The van der Waals surface area contributed by atoms with Crippen molar-refractivity contribution in [1.82, 2.24) is 4.98 Å². The predicted molar refractivity (Wildman–Crippen MR) is 200 cm³/mol. The van der Waals surface area contributed by atoms with Gasteiger partial charge >= 0.3 is 0 Å². The lowest BCUT2D eigenvalue weighted by atomic mass is 9.97. The van der Waals surface area contributed by atoms with Gasteiger partial charge in [-0.3, -0.25) is 0 Å². The Bertz CT molecular complexity index is 2530. The van der Waals surface area contributed by atoms with E-state index in [0.717, 1.165) is 44.5 Å². The smallest absolute Gasteiger partial charge is 0.227 e. The first-order valence-corrected chi connectivity index (χ1v) is 16.2. The highest BCUT2D eigenvalue weighted by Crippen LogP contribution is 2.40. The van der Waals surface area contributed by atoms with E-state index in [9.17, 15) is 0 Å². The fraction of sp³-hybridized carbons (Fsp3) is 0. The van der Waals surface area contributed by atoms with Gasteiger partial charge in [-0.25, -0.2) is 4.98 Å². The second kappa shape index (κ2) is 11.7. The van der Waals surface area contributed by atoms with Gasteiger partial charge in [0.25, 0.3) is 0 Å². The van der Waals surface area contributed by atoms with E-state index < -0.39 is 0 Å². The van der Waals surface area contributed by atoms with Crippen LogP contribution < -0.4 is 4.90 Å². The first-order valence-electron chi connectivity index (χ1n) is 16.2. The van der Waals surface area contributed by atoms with Gasteiger partial charge < -0.3 is 9.32 Å². The molecule has 0 aliphatic carbocycles. The Morgan fingerprint density at radius 1 is 0.396 bits per heavy atom. The first-order chi connectivity index (χ1) is 23.8. The average molecular weight is 615 g/mol. The number of furan rings is 1. The van der Waals surface area contributed by atoms with Crippen LogP contribution >= 0.6 is 0 Å². The Hall–Kier alpha value is -6.45. The van der Waals surface area contributed by atoms with Gasteiger partial charge in [0.15, 0.2) is 0 Å². The maximum atomic E-state index is 6.08. The zero-order valence-corrected chi connectivity index (χ0v) is 26.1. The minimum absolute atomic E-state index is 0.661. The van der Waals surface area contributed by atoms with Gasteiger partial charge in [-0.15, -0.1) is 0 Å². The average Bonchev–Trinajstić information content (AvgIpc) is 3.55. The molecule has 0 atom stereocenters. The third-order valence-electron chi connectivity index (χ3n) is 9.17. The molecule has 0 spiro atoms. The van der Waals surface area contributed by atoms with Crippen molar-refractivity contribution in [3.8, 4) is 33.4 Å². The second-order valence-corrected chi connectivity index (χ2v) is 12.0. The third kappa shape index (κ3) is 4.90. The van der Waals surface area contributed by atoms with Crippen molar-refractivity contribution in [2.24, 2.45) is 0 Å². The fourth-order valence-corrected chi connectivity index (χ4v) is 6.84. The molecule has 2 aromatic heterocycles. The van der Waals surface area contributed by atoms with E-state index in [2.05, 4.69) is 168 Å². The lowest BCUT2D eigenvalue weighted by Gasteiger charge is -2.26. The van der Waals surface area contributed by atoms with E-state index in [0.29, 0.717) is 5.71 Å². The van der Waals surface area contributed by atoms with Crippen LogP contribution in [0.5, 0.6) is 0 Å². The molecule has 0 fully saturated rings. The van der Waals surface area contributed by atoms with Gasteiger partial charge in [0.2, 0.25) is 5.71 Å². The number of nitrogens with zero attached hydrogens (tertiary/aromatic N) is 2. The Labute approximate surface area is 279 Å². The molecule has 9 aromatic rings. The summed E-state index contributed by atoms with van der Waals surface area (Å²) in [5, 5.41) is 4.62. The quantitative estimate of drug-likeness (QED) is 0.187. The molecular formula is C45H30N2O. The lowest BCUT2D eigenvalue weighted by Crippen LogP contribution is -2.09. The Morgan fingerprint density at radius 2 is 0.938 bits per heavy atom. The number of pyridine rings is 1. The molecule has 7 aromatic carbocycles. The molecule has 0 aliphatic rings. The van der Waals surface area contributed by atoms with Crippen LogP contribution in [0.2, 0.25) is 0 Å². The number of hydrogen-bond donors (Lipinski definition) is 0. The third-order valence-corrected chi connectivity index (χ3v) is 9.17. The molecule has 0 N–H and O–H groups in total. The topological polar surface area (TPSA) is 29.3 Å². The van der Waals surface area contributed by atoms with E-state index in [1.165, 1.54) is 33.0 Å². The van der Waals surface area contributed by atoms with Crippen LogP contribution in [0.4, 0.5) is 17.1 Å². The molecule has 48 heavy (non-hydrogen) atoms. The summed E-state index contributed by atoms with van der Waals surface area (Å²) in [5.41, 5.74) is 11.8. The molecule has 9 rings (SSSR count). The largest absolute Gasteiger partial charge is 0.438 e. The molecule has 0 saturated carbocycles. The van der Waals surface area contributed by atoms with Crippen LogP contribution in [0, 0.1) is 0 Å². The maximum Gasteiger partial charge on any atom is 0.227 e. The van der Waals surface area contributed by atoms with Gasteiger partial charge in [0.05, 0.1) is 0 Å². The van der Waals surface area contributed by atoms with Gasteiger partial charge in [0, 0.05) is 34.0 Å². The summed E-state index contributed by atoms with van der Waals surface area (Å²) >= 11 is 0. The summed E-state index contributed by atoms with van der Waals surface area (Å²) in [7, 11) is 0. The zero-order valence-electron chi connectivity index (χ0n) is 26.1. The summed E-state index contributed by atoms with van der Waals surface area (Å²) in [6.07, 6.45) is 1.77.